The highest BCUT2D eigenvalue weighted by Crippen LogP contribution is 2.16. The predicted octanol–water partition coefficient (Wildman–Crippen LogP) is 2.13. The van der Waals surface area contributed by atoms with Crippen LogP contribution >= 0.6 is 0 Å². The minimum Gasteiger partial charge on any atom is -0.370 e. The minimum atomic E-state index is -0.498. The van der Waals surface area contributed by atoms with Crippen LogP contribution in [0.15, 0.2) is 12.3 Å². The van der Waals surface area contributed by atoms with Crippen molar-refractivity contribution >= 4 is 11.7 Å². The molecule has 0 spiro atoms. The molecule has 0 saturated heterocycles. The molecule has 1 heterocycles. The molecule has 5 heteroatoms. The second-order valence-electron chi connectivity index (χ2n) is 3.56. The number of carbonyl (C=O) groups excluding carboxylic acids is 1. The van der Waals surface area contributed by atoms with Crippen molar-refractivity contribution in [3.8, 4) is 0 Å². The zero-order valence-electron chi connectivity index (χ0n) is 10.5. The van der Waals surface area contributed by atoms with Gasteiger partial charge in [0.1, 0.15) is 11.6 Å². The van der Waals surface area contributed by atoms with Gasteiger partial charge in [-0.25, -0.2) is 9.37 Å². The lowest BCUT2D eigenvalue weighted by molar-refractivity contribution is 0.0773. The monoisotopic (exact) mass is 239 g/mol. The number of halogens is 1. The first kappa shape index (κ1) is 13.4. The standard InChI is InChI=1S/C12H18FN3O/c1-4-14-11-10(7-9(13)8-15-11)12(17)16(5-2)6-3/h7-8H,4-6H2,1-3H3,(H,14,15). The highest BCUT2D eigenvalue weighted by Gasteiger charge is 2.18. The number of amides is 1. The fourth-order valence-electron chi connectivity index (χ4n) is 1.59. The highest BCUT2D eigenvalue weighted by atomic mass is 19.1. The summed E-state index contributed by atoms with van der Waals surface area (Å²) in [5.41, 5.74) is 0.288. The number of hydrogen-bond donors (Lipinski definition) is 1. The summed E-state index contributed by atoms with van der Waals surface area (Å²) < 4.78 is 13.2. The summed E-state index contributed by atoms with van der Waals surface area (Å²) >= 11 is 0. The lowest BCUT2D eigenvalue weighted by Gasteiger charge is -2.20. The normalized spacial score (nSPS) is 10.1. The maximum atomic E-state index is 13.2. The Balaban J connectivity index is 3.09. The van der Waals surface area contributed by atoms with Crippen LogP contribution in [-0.2, 0) is 0 Å². The van der Waals surface area contributed by atoms with E-state index >= 15 is 0 Å². The van der Waals surface area contributed by atoms with Crippen molar-refractivity contribution in [2.24, 2.45) is 0 Å². The van der Waals surface area contributed by atoms with Gasteiger partial charge in [0.15, 0.2) is 0 Å². The number of rotatable bonds is 5. The van der Waals surface area contributed by atoms with Crippen molar-refractivity contribution in [3.05, 3.63) is 23.6 Å². The summed E-state index contributed by atoms with van der Waals surface area (Å²) in [5, 5.41) is 2.96. The van der Waals surface area contributed by atoms with Gasteiger partial charge in [-0.3, -0.25) is 4.79 Å². The summed E-state index contributed by atoms with van der Waals surface area (Å²) in [4.78, 5) is 17.7. The summed E-state index contributed by atoms with van der Waals surface area (Å²) in [6.45, 7) is 7.50. The van der Waals surface area contributed by atoms with Crippen molar-refractivity contribution < 1.29 is 9.18 Å². The lowest BCUT2D eigenvalue weighted by Crippen LogP contribution is -2.31. The molecule has 0 aliphatic rings. The summed E-state index contributed by atoms with van der Waals surface area (Å²) in [6, 6.07) is 1.23. The molecule has 0 atom stereocenters. The third-order valence-corrected chi connectivity index (χ3v) is 2.48. The van der Waals surface area contributed by atoms with Gasteiger partial charge in [-0.2, -0.15) is 0 Å². The van der Waals surface area contributed by atoms with E-state index in [9.17, 15) is 9.18 Å². The number of aromatic nitrogens is 1. The van der Waals surface area contributed by atoms with Crippen LogP contribution in [0.5, 0.6) is 0 Å². The number of carbonyl (C=O) groups is 1. The molecule has 0 radical (unpaired) electrons. The van der Waals surface area contributed by atoms with Gasteiger partial charge in [0.25, 0.3) is 5.91 Å². The Labute approximate surface area is 101 Å². The molecule has 0 aliphatic carbocycles. The van der Waals surface area contributed by atoms with E-state index in [1.165, 1.54) is 6.07 Å². The molecule has 0 fully saturated rings. The Hall–Kier alpha value is -1.65. The predicted molar refractivity (Wildman–Crippen MR) is 65.6 cm³/mol. The largest absolute Gasteiger partial charge is 0.370 e. The van der Waals surface area contributed by atoms with E-state index in [1.54, 1.807) is 4.90 Å². The van der Waals surface area contributed by atoms with Crippen LogP contribution < -0.4 is 5.32 Å². The van der Waals surface area contributed by atoms with E-state index in [0.29, 0.717) is 25.5 Å². The van der Waals surface area contributed by atoms with E-state index in [0.717, 1.165) is 6.20 Å². The van der Waals surface area contributed by atoms with Crippen LogP contribution in [0, 0.1) is 5.82 Å². The van der Waals surface area contributed by atoms with Crippen molar-refractivity contribution in [1.29, 1.82) is 0 Å². The number of nitrogens with one attached hydrogen (secondary N) is 1. The third-order valence-electron chi connectivity index (χ3n) is 2.48. The van der Waals surface area contributed by atoms with Gasteiger partial charge in [-0.05, 0) is 26.8 Å². The van der Waals surface area contributed by atoms with E-state index in [4.69, 9.17) is 0 Å². The molecule has 1 amide bonds. The molecule has 17 heavy (non-hydrogen) atoms. The second-order valence-corrected chi connectivity index (χ2v) is 3.56. The van der Waals surface area contributed by atoms with Gasteiger partial charge >= 0.3 is 0 Å². The third kappa shape index (κ3) is 3.15. The van der Waals surface area contributed by atoms with Gasteiger partial charge in [-0.1, -0.05) is 0 Å². The Morgan fingerprint density at radius 2 is 2.06 bits per heavy atom. The number of anilines is 1. The maximum absolute atomic E-state index is 13.2. The Kier molecular flexibility index (Phi) is 4.87. The van der Waals surface area contributed by atoms with Gasteiger partial charge in [-0.15, -0.1) is 0 Å². The molecule has 0 unspecified atom stereocenters. The van der Waals surface area contributed by atoms with Crippen molar-refractivity contribution in [3.63, 3.8) is 0 Å². The molecule has 0 aliphatic heterocycles. The fraction of sp³-hybridized carbons (Fsp3) is 0.500. The van der Waals surface area contributed by atoms with Crippen LogP contribution in [0.1, 0.15) is 31.1 Å². The van der Waals surface area contributed by atoms with Gasteiger partial charge in [0.05, 0.1) is 11.8 Å². The van der Waals surface area contributed by atoms with Crippen LogP contribution in [0.4, 0.5) is 10.2 Å². The lowest BCUT2D eigenvalue weighted by atomic mass is 10.2. The summed E-state index contributed by atoms with van der Waals surface area (Å²) in [6.07, 6.45) is 1.11. The molecule has 94 valence electrons. The Bertz CT molecular complexity index is 391. The molecule has 0 aromatic carbocycles. The van der Waals surface area contributed by atoms with Crippen molar-refractivity contribution in [2.45, 2.75) is 20.8 Å². The van der Waals surface area contributed by atoms with Gasteiger partial charge in [0.2, 0.25) is 0 Å². The summed E-state index contributed by atoms with van der Waals surface area (Å²) in [5.74, 6) is -0.258. The molecule has 1 aromatic rings. The Morgan fingerprint density at radius 1 is 1.41 bits per heavy atom. The SMILES string of the molecule is CCNc1ncc(F)cc1C(=O)N(CC)CC. The quantitative estimate of drug-likeness (QED) is 0.856. The van der Waals surface area contributed by atoms with E-state index in [-0.39, 0.29) is 11.5 Å². The van der Waals surface area contributed by atoms with Crippen LogP contribution in [0.25, 0.3) is 0 Å². The van der Waals surface area contributed by atoms with Crippen LogP contribution in [0.2, 0.25) is 0 Å². The molecular formula is C12H18FN3O. The number of hydrogen-bond acceptors (Lipinski definition) is 3. The Morgan fingerprint density at radius 3 is 2.59 bits per heavy atom. The summed E-state index contributed by atoms with van der Waals surface area (Å²) in [7, 11) is 0. The molecule has 4 nitrogen and oxygen atoms in total. The highest BCUT2D eigenvalue weighted by molar-refractivity contribution is 5.98. The van der Waals surface area contributed by atoms with E-state index in [2.05, 4.69) is 10.3 Å². The molecule has 0 bridgehead atoms. The second kappa shape index (κ2) is 6.18. The minimum absolute atomic E-state index is 0.196. The van der Waals surface area contributed by atoms with Gasteiger partial charge < -0.3 is 10.2 Å². The molecule has 1 N–H and O–H groups in total. The molecule has 1 rings (SSSR count). The van der Waals surface area contributed by atoms with Crippen LogP contribution in [0.3, 0.4) is 0 Å². The average molecular weight is 239 g/mol. The number of nitrogens with zero attached hydrogens (tertiary/aromatic N) is 2. The zero-order chi connectivity index (χ0) is 12.8. The molecule has 0 saturated carbocycles. The first-order chi connectivity index (χ1) is 8.13. The number of pyridine rings is 1. The maximum Gasteiger partial charge on any atom is 0.257 e. The van der Waals surface area contributed by atoms with Gasteiger partial charge in [0, 0.05) is 19.6 Å². The van der Waals surface area contributed by atoms with Crippen LogP contribution in [-0.4, -0.2) is 35.4 Å². The van der Waals surface area contributed by atoms with Crippen molar-refractivity contribution in [2.75, 3.05) is 25.0 Å². The molecular weight excluding hydrogens is 221 g/mol. The van der Waals surface area contributed by atoms with E-state index in [1.807, 2.05) is 20.8 Å². The molecule has 1 aromatic heterocycles. The van der Waals surface area contributed by atoms with E-state index < -0.39 is 5.82 Å². The first-order valence-electron chi connectivity index (χ1n) is 5.82. The fourth-order valence-corrected chi connectivity index (χ4v) is 1.59. The average Bonchev–Trinajstić information content (AvgIpc) is 2.33. The van der Waals surface area contributed by atoms with Crippen molar-refractivity contribution in [1.82, 2.24) is 9.88 Å². The smallest absolute Gasteiger partial charge is 0.257 e. The first-order valence-corrected chi connectivity index (χ1v) is 5.82. The topological polar surface area (TPSA) is 45.2 Å². The zero-order valence-corrected chi connectivity index (χ0v) is 10.5.